The van der Waals surface area contributed by atoms with Gasteiger partial charge < -0.3 is 15.8 Å². The highest BCUT2D eigenvalue weighted by Gasteiger charge is 2.11. The fourth-order valence-corrected chi connectivity index (χ4v) is 1.79. The zero-order valence-corrected chi connectivity index (χ0v) is 9.40. The normalized spacial score (nSPS) is 12.2. The highest BCUT2D eigenvalue weighted by atomic mass is 16.3. The Bertz CT molecular complexity index is 604. The number of nitrogens with two attached hydrogens (primary N) is 1. The summed E-state index contributed by atoms with van der Waals surface area (Å²) in [5, 5.41) is 10.3. The smallest absolute Gasteiger partial charge is 0.102 e. The number of nitrogens with one attached hydrogen (secondary N) is 1. The number of rotatable bonds is 3. The summed E-state index contributed by atoms with van der Waals surface area (Å²) >= 11 is 0. The summed E-state index contributed by atoms with van der Waals surface area (Å²) in [7, 11) is 0. The van der Waals surface area contributed by atoms with Crippen molar-refractivity contribution >= 4 is 10.9 Å². The Balaban J connectivity index is 2.41. The van der Waals surface area contributed by atoms with Crippen LogP contribution in [-0.4, -0.2) is 16.1 Å². The number of hydrogen-bond donors (Lipinski definition) is 3. The third-order valence-corrected chi connectivity index (χ3v) is 2.80. The molecule has 0 bridgehead atoms. The zero-order chi connectivity index (χ0) is 12.4. The molecule has 2 aromatic rings. The number of H-pyrrole nitrogens is 1. The highest BCUT2D eigenvalue weighted by Crippen LogP contribution is 2.21. The molecule has 86 valence electrons. The van der Waals surface area contributed by atoms with Gasteiger partial charge in [-0.1, -0.05) is 12.5 Å². The maximum Gasteiger partial charge on any atom is 0.102 e. The number of aliphatic hydroxyl groups is 1. The zero-order valence-electron chi connectivity index (χ0n) is 9.40. The molecule has 3 nitrogen and oxygen atoms in total. The van der Waals surface area contributed by atoms with Crippen LogP contribution in [0.5, 0.6) is 0 Å². The molecule has 0 saturated carbocycles. The molecule has 0 fully saturated rings. The standard InChI is InChI=1S/C14H14N2O/c1-3-10-4-5-14-12(6-10)11(8-16-14)7-13(15)9(2)17/h1,4-6,8,13,16-17H,2,7,15H2. The summed E-state index contributed by atoms with van der Waals surface area (Å²) in [5.74, 6) is 2.59. The van der Waals surface area contributed by atoms with E-state index in [-0.39, 0.29) is 5.76 Å². The molecule has 1 atom stereocenters. The maximum absolute atomic E-state index is 9.23. The van der Waals surface area contributed by atoms with Gasteiger partial charge in [0.15, 0.2) is 0 Å². The molecule has 1 aromatic heterocycles. The monoisotopic (exact) mass is 226 g/mol. The molecule has 17 heavy (non-hydrogen) atoms. The van der Waals surface area contributed by atoms with Crippen molar-refractivity contribution in [3.8, 4) is 12.3 Å². The molecule has 0 amide bonds. The van der Waals surface area contributed by atoms with Gasteiger partial charge in [-0.15, -0.1) is 6.42 Å². The Kier molecular flexibility index (Phi) is 2.90. The molecule has 0 spiro atoms. The minimum absolute atomic E-state index is 0.00699. The van der Waals surface area contributed by atoms with Gasteiger partial charge in [0.2, 0.25) is 0 Å². The number of aromatic nitrogens is 1. The van der Waals surface area contributed by atoms with Crippen LogP contribution in [0.25, 0.3) is 10.9 Å². The van der Waals surface area contributed by atoms with E-state index in [0.717, 1.165) is 22.0 Å². The van der Waals surface area contributed by atoms with E-state index in [0.29, 0.717) is 6.42 Å². The number of hydrogen-bond acceptors (Lipinski definition) is 2. The maximum atomic E-state index is 9.23. The number of fused-ring (bicyclic) bond motifs is 1. The fourth-order valence-electron chi connectivity index (χ4n) is 1.79. The van der Waals surface area contributed by atoms with Gasteiger partial charge >= 0.3 is 0 Å². The molecule has 3 heteroatoms. The second-order valence-corrected chi connectivity index (χ2v) is 4.02. The van der Waals surface area contributed by atoms with Crippen LogP contribution in [0.3, 0.4) is 0 Å². The third kappa shape index (κ3) is 2.17. The average molecular weight is 226 g/mol. The second kappa shape index (κ2) is 4.36. The van der Waals surface area contributed by atoms with E-state index in [1.54, 1.807) is 0 Å². The van der Waals surface area contributed by atoms with Crippen molar-refractivity contribution in [2.45, 2.75) is 12.5 Å². The van der Waals surface area contributed by atoms with E-state index in [4.69, 9.17) is 12.2 Å². The average Bonchev–Trinajstić information content (AvgIpc) is 2.71. The molecule has 0 aliphatic rings. The summed E-state index contributed by atoms with van der Waals surface area (Å²) in [6.45, 7) is 3.44. The van der Waals surface area contributed by atoms with Crippen molar-refractivity contribution in [1.82, 2.24) is 4.98 Å². The van der Waals surface area contributed by atoms with Crippen LogP contribution in [-0.2, 0) is 6.42 Å². The Morgan fingerprint density at radius 3 is 3.00 bits per heavy atom. The lowest BCUT2D eigenvalue weighted by molar-refractivity contribution is 0.369. The van der Waals surface area contributed by atoms with Crippen molar-refractivity contribution in [1.29, 1.82) is 0 Å². The van der Waals surface area contributed by atoms with Crippen molar-refractivity contribution in [3.05, 3.63) is 47.9 Å². The Morgan fingerprint density at radius 2 is 2.35 bits per heavy atom. The summed E-state index contributed by atoms with van der Waals surface area (Å²) in [6.07, 6.45) is 7.78. The Labute approximate surface area is 100.0 Å². The Hall–Kier alpha value is -2.18. The van der Waals surface area contributed by atoms with Gasteiger partial charge in [-0.3, -0.25) is 0 Å². The predicted molar refractivity (Wildman–Crippen MR) is 69.7 cm³/mol. The second-order valence-electron chi connectivity index (χ2n) is 4.02. The van der Waals surface area contributed by atoms with Crippen LogP contribution in [0.4, 0.5) is 0 Å². The van der Waals surface area contributed by atoms with Crippen LogP contribution in [0.2, 0.25) is 0 Å². The minimum atomic E-state index is -0.455. The Morgan fingerprint density at radius 1 is 1.59 bits per heavy atom. The van der Waals surface area contributed by atoms with E-state index in [2.05, 4.69) is 17.5 Å². The quantitative estimate of drug-likeness (QED) is 0.554. The van der Waals surface area contributed by atoms with E-state index in [1.807, 2.05) is 24.4 Å². The number of aliphatic hydroxyl groups excluding tert-OH is 1. The first kappa shape index (κ1) is 11.3. The van der Waals surface area contributed by atoms with Crippen molar-refractivity contribution < 1.29 is 5.11 Å². The predicted octanol–water partition coefficient (Wildman–Crippen LogP) is 2.09. The summed E-state index contributed by atoms with van der Waals surface area (Å²) in [6, 6.07) is 5.30. The molecule has 0 aliphatic carbocycles. The molecule has 0 radical (unpaired) electrons. The molecule has 1 heterocycles. The van der Waals surface area contributed by atoms with E-state index in [1.165, 1.54) is 0 Å². The third-order valence-electron chi connectivity index (χ3n) is 2.80. The van der Waals surface area contributed by atoms with Crippen LogP contribution in [0.15, 0.2) is 36.7 Å². The number of terminal acetylenes is 1. The fraction of sp³-hybridized carbons (Fsp3) is 0.143. The van der Waals surface area contributed by atoms with E-state index in [9.17, 15) is 5.11 Å². The van der Waals surface area contributed by atoms with Gasteiger partial charge in [0.05, 0.1) is 6.04 Å². The minimum Gasteiger partial charge on any atom is -0.511 e. The number of benzene rings is 1. The van der Waals surface area contributed by atoms with Crippen LogP contribution in [0, 0.1) is 12.3 Å². The largest absolute Gasteiger partial charge is 0.511 e. The van der Waals surface area contributed by atoms with Crippen LogP contribution in [0.1, 0.15) is 11.1 Å². The molecule has 0 saturated heterocycles. The first-order chi connectivity index (χ1) is 8.11. The topological polar surface area (TPSA) is 62.0 Å². The summed E-state index contributed by atoms with van der Waals surface area (Å²) < 4.78 is 0. The summed E-state index contributed by atoms with van der Waals surface area (Å²) in [4.78, 5) is 3.15. The van der Waals surface area contributed by atoms with Crippen molar-refractivity contribution in [3.63, 3.8) is 0 Å². The lowest BCUT2D eigenvalue weighted by atomic mass is 10.0. The molecular formula is C14H14N2O. The molecule has 4 N–H and O–H groups in total. The number of aromatic amines is 1. The molecular weight excluding hydrogens is 212 g/mol. The first-order valence-corrected chi connectivity index (χ1v) is 5.32. The van der Waals surface area contributed by atoms with Crippen LogP contribution >= 0.6 is 0 Å². The van der Waals surface area contributed by atoms with Gasteiger partial charge in [-0.2, -0.15) is 0 Å². The highest BCUT2D eigenvalue weighted by molar-refractivity contribution is 5.84. The van der Waals surface area contributed by atoms with Gasteiger partial charge in [0, 0.05) is 22.7 Å². The molecule has 2 rings (SSSR count). The van der Waals surface area contributed by atoms with Crippen molar-refractivity contribution in [2.75, 3.05) is 0 Å². The van der Waals surface area contributed by atoms with Gasteiger partial charge in [0.25, 0.3) is 0 Å². The SMILES string of the molecule is C#Cc1ccc2[nH]cc(CC(N)C(=C)O)c2c1. The first-order valence-electron chi connectivity index (χ1n) is 5.32. The lowest BCUT2D eigenvalue weighted by Gasteiger charge is -2.08. The molecule has 0 aliphatic heterocycles. The van der Waals surface area contributed by atoms with Crippen molar-refractivity contribution in [2.24, 2.45) is 5.73 Å². The van der Waals surface area contributed by atoms with Crippen LogP contribution < -0.4 is 5.73 Å². The van der Waals surface area contributed by atoms with E-state index < -0.39 is 6.04 Å². The molecule has 1 unspecified atom stereocenters. The van der Waals surface area contributed by atoms with Gasteiger partial charge in [-0.05, 0) is 30.2 Å². The summed E-state index contributed by atoms with van der Waals surface area (Å²) in [5.41, 5.74) is 8.63. The van der Waals surface area contributed by atoms with E-state index >= 15 is 0 Å². The molecule has 1 aromatic carbocycles. The van der Waals surface area contributed by atoms with Gasteiger partial charge in [0.1, 0.15) is 5.76 Å². The lowest BCUT2D eigenvalue weighted by Crippen LogP contribution is -2.24. The van der Waals surface area contributed by atoms with Gasteiger partial charge in [-0.25, -0.2) is 0 Å².